The highest BCUT2D eigenvalue weighted by atomic mass is 16.4. The first-order valence-electron chi connectivity index (χ1n) is 6.60. The highest BCUT2D eigenvalue weighted by molar-refractivity contribution is 5.84. The second-order valence-electron chi connectivity index (χ2n) is 5.03. The molecule has 0 aliphatic heterocycles. The molecule has 0 radical (unpaired) electrons. The number of hydrogen-bond donors (Lipinski definition) is 3. The molecule has 0 aromatic heterocycles. The molecule has 0 aromatic rings. The van der Waals surface area contributed by atoms with E-state index in [1.165, 1.54) is 0 Å². The van der Waals surface area contributed by atoms with Crippen LogP contribution in [0.2, 0.25) is 0 Å². The number of rotatable bonds is 9. The molecule has 0 aliphatic rings. The smallest absolute Gasteiger partial charge is 0.303 e. The van der Waals surface area contributed by atoms with Crippen LogP contribution in [0.5, 0.6) is 0 Å². The monoisotopic (exact) mass is 272 g/mol. The number of hydrogen-bond acceptors (Lipinski definition) is 3. The maximum absolute atomic E-state index is 11.5. The molecule has 0 spiro atoms. The van der Waals surface area contributed by atoms with Gasteiger partial charge in [-0.1, -0.05) is 20.8 Å². The van der Waals surface area contributed by atoms with Gasteiger partial charge in [-0.25, -0.2) is 0 Å². The molecule has 6 heteroatoms. The molecule has 0 unspecified atom stereocenters. The van der Waals surface area contributed by atoms with Gasteiger partial charge in [-0.15, -0.1) is 0 Å². The van der Waals surface area contributed by atoms with Crippen molar-refractivity contribution in [3.8, 4) is 0 Å². The third kappa shape index (κ3) is 10.1. The Morgan fingerprint density at radius 3 is 2.21 bits per heavy atom. The summed E-state index contributed by atoms with van der Waals surface area (Å²) in [7, 11) is 0. The SMILES string of the molecule is CCC(=O)NCC(=O)NC[C@H](CC(=O)O)CC(C)C. The van der Waals surface area contributed by atoms with Crippen LogP contribution >= 0.6 is 0 Å². The van der Waals surface area contributed by atoms with E-state index in [1.807, 2.05) is 13.8 Å². The zero-order valence-electron chi connectivity index (χ0n) is 11.9. The van der Waals surface area contributed by atoms with Gasteiger partial charge in [0.15, 0.2) is 0 Å². The Kier molecular flexibility index (Phi) is 8.57. The van der Waals surface area contributed by atoms with Crippen molar-refractivity contribution in [1.29, 1.82) is 0 Å². The van der Waals surface area contributed by atoms with Crippen molar-refractivity contribution < 1.29 is 19.5 Å². The standard InChI is InChI=1S/C13H24N2O4/c1-4-11(16)15-8-12(17)14-7-10(5-9(2)3)6-13(18)19/h9-10H,4-8H2,1-3H3,(H,14,17)(H,15,16)(H,18,19)/t10-/m0/s1. The molecular weight excluding hydrogens is 248 g/mol. The molecule has 0 bridgehead atoms. The molecular formula is C13H24N2O4. The van der Waals surface area contributed by atoms with Crippen LogP contribution in [0.4, 0.5) is 0 Å². The highest BCUT2D eigenvalue weighted by Gasteiger charge is 2.16. The number of carbonyl (C=O) groups is 3. The van der Waals surface area contributed by atoms with E-state index in [9.17, 15) is 14.4 Å². The van der Waals surface area contributed by atoms with Crippen molar-refractivity contribution in [2.24, 2.45) is 11.8 Å². The van der Waals surface area contributed by atoms with Crippen LogP contribution < -0.4 is 10.6 Å². The first-order chi connectivity index (χ1) is 8.85. The summed E-state index contributed by atoms with van der Waals surface area (Å²) < 4.78 is 0. The minimum absolute atomic E-state index is 0.0414. The van der Waals surface area contributed by atoms with Crippen molar-refractivity contribution in [2.75, 3.05) is 13.1 Å². The lowest BCUT2D eigenvalue weighted by molar-refractivity contribution is -0.138. The van der Waals surface area contributed by atoms with Crippen LogP contribution in [0.3, 0.4) is 0 Å². The van der Waals surface area contributed by atoms with Gasteiger partial charge in [-0.2, -0.15) is 0 Å². The maximum Gasteiger partial charge on any atom is 0.303 e. The van der Waals surface area contributed by atoms with Crippen molar-refractivity contribution >= 4 is 17.8 Å². The third-order valence-corrected chi connectivity index (χ3v) is 2.62. The first kappa shape index (κ1) is 17.4. The summed E-state index contributed by atoms with van der Waals surface area (Å²) in [5.41, 5.74) is 0. The lowest BCUT2D eigenvalue weighted by atomic mass is 9.94. The minimum Gasteiger partial charge on any atom is -0.481 e. The molecule has 1 atom stereocenters. The zero-order chi connectivity index (χ0) is 14.8. The van der Waals surface area contributed by atoms with E-state index in [0.29, 0.717) is 18.9 Å². The fourth-order valence-corrected chi connectivity index (χ4v) is 1.78. The van der Waals surface area contributed by atoms with Crippen molar-refractivity contribution in [1.82, 2.24) is 10.6 Å². The molecule has 0 saturated heterocycles. The van der Waals surface area contributed by atoms with E-state index in [0.717, 1.165) is 6.42 Å². The molecule has 110 valence electrons. The molecule has 6 nitrogen and oxygen atoms in total. The fourth-order valence-electron chi connectivity index (χ4n) is 1.78. The zero-order valence-corrected chi connectivity index (χ0v) is 11.9. The number of carboxylic acids is 1. The van der Waals surface area contributed by atoms with Crippen LogP contribution in [0.15, 0.2) is 0 Å². The third-order valence-electron chi connectivity index (χ3n) is 2.62. The molecule has 0 aliphatic carbocycles. The van der Waals surface area contributed by atoms with Crippen LogP contribution in [0.1, 0.15) is 40.0 Å². The summed E-state index contributed by atoms with van der Waals surface area (Å²) in [6.07, 6.45) is 1.12. The van der Waals surface area contributed by atoms with E-state index >= 15 is 0 Å². The van der Waals surface area contributed by atoms with Gasteiger partial charge in [-0.05, 0) is 18.3 Å². The Morgan fingerprint density at radius 1 is 1.11 bits per heavy atom. The van der Waals surface area contributed by atoms with Gasteiger partial charge < -0.3 is 15.7 Å². The van der Waals surface area contributed by atoms with Gasteiger partial charge in [0.05, 0.1) is 6.54 Å². The highest BCUT2D eigenvalue weighted by Crippen LogP contribution is 2.14. The summed E-state index contributed by atoms with van der Waals surface area (Å²) in [5, 5.41) is 13.9. The summed E-state index contributed by atoms with van der Waals surface area (Å²) in [5.74, 6) is -1.04. The Hall–Kier alpha value is -1.59. The first-order valence-corrected chi connectivity index (χ1v) is 6.60. The molecule has 0 heterocycles. The minimum atomic E-state index is -0.862. The molecule has 19 heavy (non-hydrogen) atoms. The van der Waals surface area contributed by atoms with E-state index in [-0.39, 0.29) is 30.7 Å². The van der Waals surface area contributed by atoms with Gasteiger partial charge in [-0.3, -0.25) is 14.4 Å². The number of aliphatic carboxylic acids is 1. The molecule has 3 N–H and O–H groups in total. The number of carbonyl (C=O) groups excluding carboxylic acids is 2. The van der Waals surface area contributed by atoms with Gasteiger partial charge in [0.2, 0.25) is 11.8 Å². The van der Waals surface area contributed by atoms with Crippen molar-refractivity contribution in [3.05, 3.63) is 0 Å². The molecule has 0 fully saturated rings. The van der Waals surface area contributed by atoms with Gasteiger partial charge >= 0.3 is 5.97 Å². The lowest BCUT2D eigenvalue weighted by Crippen LogP contribution is -2.39. The molecule has 0 aromatic carbocycles. The average Bonchev–Trinajstić information content (AvgIpc) is 2.31. The maximum atomic E-state index is 11.5. The molecule has 0 rings (SSSR count). The molecule has 0 saturated carbocycles. The Morgan fingerprint density at radius 2 is 1.74 bits per heavy atom. The van der Waals surface area contributed by atoms with E-state index in [1.54, 1.807) is 6.92 Å². The Bertz CT molecular complexity index is 316. The predicted molar refractivity (Wildman–Crippen MR) is 71.5 cm³/mol. The second kappa shape index (κ2) is 9.35. The number of carboxylic acid groups (broad SMARTS) is 1. The summed E-state index contributed by atoms with van der Waals surface area (Å²) in [4.78, 5) is 33.2. The largest absolute Gasteiger partial charge is 0.481 e. The second-order valence-corrected chi connectivity index (χ2v) is 5.03. The summed E-state index contributed by atoms with van der Waals surface area (Å²) in [6, 6.07) is 0. The van der Waals surface area contributed by atoms with Crippen molar-refractivity contribution in [3.63, 3.8) is 0 Å². The van der Waals surface area contributed by atoms with Gasteiger partial charge in [0.25, 0.3) is 0 Å². The predicted octanol–water partition coefficient (Wildman–Crippen LogP) is 0.766. The fraction of sp³-hybridized carbons (Fsp3) is 0.769. The summed E-state index contributed by atoms with van der Waals surface area (Å²) >= 11 is 0. The van der Waals surface area contributed by atoms with Gasteiger partial charge in [0.1, 0.15) is 0 Å². The lowest BCUT2D eigenvalue weighted by Gasteiger charge is -2.17. The Labute approximate surface area is 113 Å². The van der Waals surface area contributed by atoms with Crippen LogP contribution in [-0.4, -0.2) is 36.0 Å². The number of nitrogens with one attached hydrogen (secondary N) is 2. The van der Waals surface area contributed by atoms with Crippen molar-refractivity contribution in [2.45, 2.75) is 40.0 Å². The average molecular weight is 272 g/mol. The van der Waals surface area contributed by atoms with Gasteiger partial charge in [0, 0.05) is 19.4 Å². The van der Waals surface area contributed by atoms with E-state index < -0.39 is 5.97 Å². The van der Waals surface area contributed by atoms with E-state index in [4.69, 9.17) is 5.11 Å². The van der Waals surface area contributed by atoms with Crippen LogP contribution in [0.25, 0.3) is 0 Å². The number of amides is 2. The quantitative estimate of drug-likeness (QED) is 0.577. The summed E-state index contributed by atoms with van der Waals surface area (Å²) in [6.45, 7) is 5.99. The Balaban J connectivity index is 4.04. The normalized spacial score (nSPS) is 12.0. The van der Waals surface area contributed by atoms with Crippen LogP contribution in [-0.2, 0) is 14.4 Å². The van der Waals surface area contributed by atoms with Crippen LogP contribution in [0, 0.1) is 11.8 Å². The topological polar surface area (TPSA) is 95.5 Å². The van der Waals surface area contributed by atoms with E-state index in [2.05, 4.69) is 10.6 Å². The molecule has 2 amide bonds.